The summed E-state index contributed by atoms with van der Waals surface area (Å²) >= 11 is 3.93. The molecule has 0 rings (SSSR count). The Morgan fingerprint density at radius 1 is 0.833 bits per heavy atom. The van der Waals surface area contributed by atoms with Crippen LogP contribution in [0, 0.1) is 0 Å². The monoisotopic (exact) mass is 448 g/mol. The molecule has 0 radical (unpaired) electrons. The lowest BCUT2D eigenvalue weighted by molar-refractivity contribution is -0.142. The SMILES string of the molecule is CC(NC(=O)C(N)CS)C(=O)NC(CCCCN)C(=O)NC(CCCCN)C(=O)O. The van der Waals surface area contributed by atoms with Gasteiger partial charge in [-0.05, 0) is 58.5 Å². The molecule has 0 fully saturated rings. The molecular weight excluding hydrogens is 412 g/mol. The number of carbonyl (C=O) groups is 4. The number of rotatable bonds is 16. The Morgan fingerprint density at radius 3 is 1.80 bits per heavy atom. The third-order valence-electron chi connectivity index (χ3n) is 4.43. The summed E-state index contributed by atoms with van der Waals surface area (Å²) in [6.45, 7) is 2.31. The van der Waals surface area contributed by atoms with Crippen molar-refractivity contribution >= 4 is 36.3 Å². The van der Waals surface area contributed by atoms with Gasteiger partial charge >= 0.3 is 5.97 Å². The number of carboxylic acid groups (broad SMARTS) is 1. The van der Waals surface area contributed by atoms with E-state index >= 15 is 0 Å². The van der Waals surface area contributed by atoms with Gasteiger partial charge in [-0.25, -0.2) is 4.79 Å². The van der Waals surface area contributed by atoms with Gasteiger partial charge < -0.3 is 38.3 Å². The lowest BCUT2D eigenvalue weighted by atomic mass is 10.1. The second kappa shape index (κ2) is 15.9. The second-order valence-electron chi connectivity index (χ2n) is 7.05. The van der Waals surface area contributed by atoms with Crippen LogP contribution in [0.3, 0.4) is 0 Å². The van der Waals surface area contributed by atoms with Crippen LogP contribution in [-0.4, -0.2) is 71.8 Å². The van der Waals surface area contributed by atoms with Crippen LogP contribution >= 0.6 is 12.6 Å². The number of aliphatic carboxylic acids is 1. The van der Waals surface area contributed by atoms with Crippen LogP contribution < -0.4 is 33.2 Å². The molecule has 0 aromatic carbocycles. The Balaban J connectivity index is 5.05. The van der Waals surface area contributed by atoms with Gasteiger partial charge in [-0.3, -0.25) is 14.4 Å². The topological polar surface area (TPSA) is 203 Å². The van der Waals surface area contributed by atoms with Crippen molar-refractivity contribution in [3.05, 3.63) is 0 Å². The third kappa shape index (κ3) is 11.3. The Bertz CT molecular complexity index is 565. The van der Waals surface area contributed by atoms with Crippen molar-refractivity contribution < 1.29 is 24.3 Å². The smallest absolute Gasteiger partial charge is 0.326 e. The first-order valence-corrected chi connectivity index (χ1v) is 10.7. The predicted molar refractivity (Wildman–Crippen MR) is 117 cm³/mol. The summed E-state index contributed by atoms with van der Waals surface area (Å²) in [5.41, 5.74) is 16.5. The van der Waals surface area contributed by atoms with E-state index in [0.717, 1.165) is 0 Å². The van der Waals surface area contributed by atoms with Crippen LogP contribution in [0.25, 0.3) is 0 Å². The molecule has 0 saturated heterocycles. The molecule has 0 saturated carbocycles. The second-order valence-corrected chi connectivity index (χ2v) is 7.41. The quantitative estimate of drug-likeness (QED) is 0.0983. The molecule has 30 heavy (non-hydrogen) atoms. The Labute approximate surface area is 182 Å². The summed E-state index contributed by atoms with van der Waals surface area (Å²) < 4.78 is 0. The van der Waals surface area contributed by atoms with Crippen molar-refractivity contribution in [1.29, 1.82) is 0 Å². The Morgan fingerprint density at radius 2 is 1.33 bits per heavy atom. The number of nitrogens with one attached hydrogen (secondary N) is 3. The van der Waals surface area contributed by atoms with E-state index in [2.05, 4.69) is 28.6 Å². The molecule has 11 nitrogen and oxygen atoms in total. The van der Waals surface area contributed by atoms with Crippen LogP contribution in [0.2, 0.25) is 0 Å². The minimum Gasteiger partial charge on any atom is -0.480 e. The van der Waals surface area contributed by atoms with Crippen LogP contribution in [0.5, 0.6) is 0 Å². The van der Waals surface area contributed by atoms with Gasteiger partial charge in [0.1, 0.15) is 18.1 Å². The highest BCUT2D eigenvalue weighted by Crippen LogP contribution is 2.05. The van der Waals surface area contributed by atoms with Crippen LogP contribution in [0.1, 0.15) is 45.4 Å². The standard InChI is InChI=1S/C18H36N6O5S/c1-11(22-16(26)12(21)10-30)15(25)23-13(6-2-4-8-19)17(27)24-14(18(28)29)7-3-5-9-20/h11-14,30H,2-10,19-21H2,1H3,(H,22,26)(H,23,25)(H,24,27)(H,28,29). The number of carbonyl (C=O) groups excluding carboxylic acids is 3. The van der Waals surface area contributed by atoms with Gasteiger partial charge in [0.25, 0.3) is 0 Å². The van der Waals surface area contributed by atoms with E-state index in [9.17, 15) is 24.3 Å². The molecular formula is C18H36N6O5S. The van der Waals surface area contributed by atoms with Gasteiger partial charge in [0.2, 0.25) is 17.7 Å². The van der Waals surface area contributed by atoms with Crippen LogP contribution in [0.15, 0.2) is 0 Å². The molecule has 0 bridgehead atoms. The molecule has 0 aromatic rings. The fourth-order valence-electron chi connectivity index (χ4n) is 2.55. The summed E-state index contributed by atoms with van der Waals surface area (Å²) in [5.74, 6) is -2.77. The van der Waals surface area contributed by atoms with Crippen molar-refractivity contribution in [2.24, 2.45) is 17.2 Å². The number of hydrogen-bond acceptors (Lipinski definition) is 8. The maximum absolute atomic E-state index is 12.7. The largest absolute Gasteiger partial charge is 0.480 e. The zero-order valence-electron chi connectivity index (χ0n) is 17.4. The lowest BCUT2D eigenvalue weighted by Gasteiger charge is -2.23. The first-order valence-electron chi connectivity index (χ1n) is 10.1. The van der Waals surface area contributed by atoms with Gasteiger partial charge in [0, 0.05) is 5.75 Å². The minimum absolute atomic E-state index is 0.116. The number of hydrogen-bond donors (Lipinski definition) is 8. The van der Waals surface area contributed by atoms with E-state index in [0.29, 0.717) is 38.8 Å². The molecule has 174 valence electrons. The van der Waals surface area contributed by atoms with Crippen LogP contribution in [-0.2, 0) is 19.2 Å². The first kappa shape index (κ1) is 28.1. The molecule has 0 aliphatic rings. The van der Waals surface area contributed by atoms with E-state index in [1.807, 2.05) is 0 Å². The molecule has 3 amide bonds. The van der Waals surface area contributed by atoms with E-state index in [1.165, 1.54) is 6.92 Å². The Hall–Kier alpha value is -1.89. The number of unbranched alkanes of at least 4 members (excludes halogenated alkanes) is 2. The lowest BCUT2D eigenvalue weighted by Crippen LogP contribution is -2.56. The summed E-state index contributed by atoms with van der Waals surface area (Å²) in [5, 5.41) is 16.8. The molecule has 10 N–H and O–H groups in total. The van der Waals surface area contributed by atoms with Crippen molar-refractivity contribution in [2.45, 2.75) is 69.6 Å². The molecule has 4 unspecified atom stereocenters. The zero-order valence-corrected chi connectivity index (χ0v) is 18.3. The van der Waals surface area contributed by atoms with E-state index in [1.54, 1.807) is 0 Å². The van der Waals surface area contributed by atoms with Crippen molar-refractivity contribution in [2.75, 3.05) is 18.8 Å². The summed E-state index contributed by atoms with van der Waals surface area (Å²) in [6.07, 6.45) is 2.90. The average molecular weight is 449 g/mol. The molecule has 0 spiro atoms. The maximum Gasteiger partial charge on any atom is 0.326 e. The fraction of sp³-hybridized carbons (Fsp3) is 0.778. The van der Waals surface area contributed by atoms with E-state index in [-0.39, 0.29) is 18.6 Å². The van der Waals surface area contributed by atoms with Gasteiger partial charge in [0.05, 0.1) is 6.04 Å². The Kier molecular flexibility index (Phi) is 14.9. The molecule has 12 heteroatoms. The van der Waals surface area contributed by atoms with E-state index in [4.69, 9.17) is 17.2 Å². The number of carboxylic acids is 1. The fourth-order valence-corrected chi connectivity index (χ4v) is 2.72. The van der Waals surface area contributed by atoms with Gasteiger partial charge in [-0.2, -0.15) is 12.6 Å². The third-order valence-corrected chi connectivity index (χ3v) is 4.82. The predicted octanol–water partition coefficient (Wildman–Crippen LogP) is -1.94. The molecule has 0 aliphatic carbocycles. The molecule has 0 aromatic heterocycles. The van der Waals surface area contributed by atoms with E-state index < -0.39 is 47.9 Å². The zero-order chi connectivity index (χ0) is 23.1. The molecule has 0 aliphatic heterocycles. The summed E-state index contributed by atoms with van der Waals surface area (Å²) in [7, 11) is 0. The molecule has 4 atom stereocenters. The summed E-state index contributed by atoms with van der Waals surface area (Å²) in [4.78, 5) is 48.4. The number of nitrogens with two attached hydrogens (primary N) is 3. The first-order chi connectivity index (χ1) is 14.2. The highest BCUT2D eigenvalue weighted by Gasteiger charge is 2.28. The van der Waals surface area contributed by atoms with Crippen molar-refractivity contribution in [3.8, 4) is 0 Å². The summed E-state index contributed by atoms with van der Waals surface area (Å²) in [6, 6.07) is -3.84. The van der Waals surface area contributed by atoms with Gasteiger partial charge in [0.15, 0.2) is 0 Å². The van der Waals surface area contributed by atoms with Gasteiger partial charge in [-0.1, -0.05) is 0 Å². The highest BCUT2D eigenvalue weighted by molar-refractivity contribution is 7.80. The van der Waals surface area contributed by atoms with Gasteiger partial charge in [-0.15, -0.1) is 0 Å². The molecule has 0 heterocycles. The number of amides is 3. The average Bonchev–Trinajstić information content (AvgIpc) is 2.71. The minimum atomic E-state index is -1.16. The number of thiol groups is 1. The highest BCUT2D eigenvalue weighted by atomic mass is 32.1. The van der Waals surface area contributed by atoms with Crippen LogP contribution in [0.4, 0.5) is 0 Å². The normalized spacial score (nSPS) is 14.8. The maximum atomic E-state index is 12.7. The van der Waals surface area contributed by atoms with Crippen molar-refractivity contribution in [3.63, 3.8) is 0 Å². The van der Waals surface area contributed by atoms with Crippen molar-refractivity contribution in [1.82, 2.24) is 16.0 Å².